The fourth-order valence-corrected chi connectivity index (χ4v) is 7.07. The fraction of sp³-hybridized carbons (Fsp3) is 0.444. The van der Waals surface area contributed by atoms with Crippen LogP contribution in [0.1, 0.15) is 62.6 Å². The monoisotopic (exact) mass is 651 g/mol. The van der Waals surface area contributed by atoms with Gasteiger partial charge < -0.3 is 20.5 Å². The number of sulfonamides is 1. The van der Waals surface area contributed by atoms with Crippen molar-refractivity contribution in [3.63, 3.8) is 0 Å². The minimum absolute atomic E-state index is 0.0438. The number of methoxy groups -OCH3 is 1. The first-order valence-corrected chi connectivity index (χ1v) is 17.3. The number of hydrogen-bond acceptors (Lipinski definition) is 6. The first-order valence-electron chi connectivity index (χ1n) is 15.9. The van der Waals surface area contributed by atoms with Gasteiger partial charge in [0.1, 0.15) is 6.04 Å². The van der Waals surface area contributed by atoms with Crippen molar-refractivity contribution in [2.45, 2.75) is 69.9 Å². The second-order valence-electron chi connectivity index (χ2n) is 12.3. The summed E-state index contributed by atoms with van der Waals surface area (Å²) in [6, 6.07) is 24.2. The third-order valence-electron chi connectivity index (χ3n) is 8.18. The fourth-order valence-electron chi connectivity index (χ4n) is 5.40. The van der Waals surface area contributed by atoms with Crippen molar-refractivity contribution in [2.75, 3.05) is 26.8 Å². The Bertz CT molecular complexity index is 1430. The molecule has 0 radical (unpaired) electrons. The van der Waals surface area contributed by atoms with Crippen LogP contribution < -0.4 is 10.6 Å². The number of benzene rings is 3. The van der Waals surface area contributed by atoms with E-state index in [1.807, 2.05) is 88.4 Å². The third kappa shape index (κ3) is 10.4. The van der Waals surface area contributed by atoms with Gasteiger partial charge in [0.2, 0.25) is 15.9 Å². The Kier molecular flexibility index (Phi) is 14.2. The Morgan fingerprint density at radius 2 is 1.41 bits per heavy atom. The molecule has 0 spiro atoms. The number of amides is 2. The molecule has 0 fully saturated rings. The zero-order valence-electron chi connectivity index (χ0n) is 27.6. The molecule has 0 aliphatic carbocycles. The molecular weight excluding hydrogens is 602 g/mol. The summed E-state index contributed by atoms with van der Waals surface area (Å²) in [5.74, 6) is -0.602. The predicted molar refractivity (Wildman–Crippen MR) is 181 cm³/mol. The molecule has 3 aromatic rings. The van der Waals surface area contributed by atoms with E-state index in [1.54, 1.807) is 24.3 Å². The van der Waals surface area contributed by atoms with Crippen LogP contribution in [0.4, 0.5) is 4.79 Å². The Morgan fingerprint density at radius 1 is 0.848 bits per heavy atom. The number of aryl methyl sites for hydroxylation is 1. The molecule has 3 aromatic carbocycles. The van der Waals surface area contributed by atoms with Crippen LogP contribution in [0.3, 0.4) is 0 Å². The molecule has 0 bridgehead atoms. The van der Waals surface area contributed by atoms with Gasteiger partial charge in [0.05, 0.1) is 18.6 Å². The van der Waals surface area contributed by atoms with Gasteiger partial charge in [0, 0.05) is 25.0 Å². The molecule has 0 heterocycles. The van der Waals surface area contributed by atoms with E-state index in [-0.39, 0.29) is 29.2 Å². The van der Waals surface area contributed by atoms with Gasteiger partial charge >= 0.3 is 6.09 Å². The molecule has 46 heavy (non-hydrogen) atoms. The zero-order chi connectivity index (χ0) is 33.7. The summed E-state index contributed by atoms with van der Waals surface area (Å²) in [6.07, 6.45) is 0.915. The summed E-state index contributed by atoms with van der Waals surface area (Å²) in [7, 11) is -2.58. The number of carbonyl (C=O) groups excluding carboxylic acids is 2. The minimum Gasteiger partial charge on any atom is -0.453 e. The normalized spacial score (nSPS) is 13.8. The van der Waals surface area contributed by atoms with Crippen LogP contribution in [-0.4, -0.2) is 68.7 Å². The molecule has 0 aromatic heterocycles. The number of aliphatic hydroxyl groups excluding tert-OH is 1. The summed E-state index contributed by atoms with van der Waals surface area (Å²) in [4.78, 5) is 26.4. The Balaban J connectivity index is 1.75. The van der Waals surface area contributed by atoms with Crippen molar-refractivity contribution in [3.05, 3.63) is 102 Å². The molecule has 0 aliphatic rings. The molecule has 3 N–H and O–H groups in total. The smallest absolute Gasteiger partial charge is 0.407 e. The maximum absolute atomic E-state index is 13.7. The second kappa shape index (κ2) is 17.8. The van der Waals surface area contributed by atoms with Crippen LogP contribution >= 0.6 is 0 Å². The van der Waals surface area contributed by atoms with E-state index in [1.165, 1.54) is 11.4 Å². The molecule has 0 saturated heterocycles. The first kappa shape index (κ1) is 36.7. The highest BCUT2D eigenvalue weighted by Gasteiger charge is 2.34. The topological polar surface area (TPSA) is 125 Å². The van der Waals surface area contributed by atoms with Gasteiger partial charge in [-0.3, -0.25) is 4.79 Å². The number of nitrogens with zero attached hydrogens (tertiary/aromatic N) is 1. The molecule has 3 atom stereocenters. The van der Waals surface area contributed by atoms with E-state index >= 15 is 0 Å². The molecule has 2 amide bonds. The quantitative estimate of drug-likeness (QED) is 0.178. The standard InChI is InChI=1S/C36H49N3O6S/c1-26(2)22-23-39(46(43,44)32-20-17-27(3)18-21-32)31(25-40)19-16-28(4)24-37-35(41)34(38-36(42)45-5)33(29-12-8-6-9-13-29)30-14-10-7-11-15-30/h6-15,17-18,20-21,26,28,31,33-34,40H,16,19,22-25H2,1-5H3,(H,37,41)(H,38,42)/t28?,31?,34-/m0/s1. The third-order valence-corrected chi connectivity index (χ3v) is 10.1. The maximum atomic E-state index is 13.7. The predicted octanol–water partition coefficient (Wildman–Crippen LogP) is 5.48. The van der Waals surface area contributed by atoms with Crippen molar-refractivity contribution in [3.8, 4) is 0 Å². The van der Waals surface area contributed by atoms with Gasteiger partial charge in [-0.05, 0) is 61.3 Å². The van der Waals surface area contributed by atoms with E-state index in [0.29, 0.717) is 32.4 Å². The van der Waals surface area contributed by atoms with Gasteiger partial charge in [-0.25, -0.2) is 13.2 Å². The van der Waals surface area contributed by atoms with Crippen molar-refractivity contribution in [1.82, 2.24) is 14.9 Å². The lowest BCUT2D eigenvalue weighted by Gasteiger charge is -2.31. The first-order chi connectivity index (χ1) is 22.0. The Morgan fingerprint density at radius 3 is 1.91 bits per heavy atom. The van der Waals surface area contributed by atoms with E-state index < -0.39 is 34.1 Å². The van der Waals surface area contributed by atoms with Gasteiger partial charge in [-0.1, -0.05) is 99.1 Å². The van der Waals surface area contributed by atoms with Gasteiger partial charge in [-0.15, -0.1) is 0 Å². The molecule has 2 unspecified atom stereocenters. The van der Waals surface area contributed by atoms with E-state index in [2.05, 4.69) is 10.6 Å². The molecule has 0 aliphatic heterocycles. The Labute approximate surface area is 274 Å². The molecular formula is C36H49N3O6S. The minimum atomic E-state index is -3.83. The van der Waals surface area contributed by atoms with Crippen LogP contribution in [0.2, 0.25) is 0 Å². The van der Waals surface area contributed by atoms with Crippen LogP contribution in [0.5, 0.6) is 0 Å². The number of carbonyl (C=O) groups is 2. The van der Waals surface area contributed by atoms with Crippen LogP contribution in [0, 0.1) is 18.8 Å². The number of ether oxygens (including phenoxy) is 1. The second-order valence-corrected chi connectivity index (χ2v) is 14.2. The zero-order valence-corrected chi connectivity index (χ0v) is 28.4. The van der Waals surface area contributed by atoms with Crippen molar-refractivity contribution in [2.24, 2.45) is 11.8 Å². The van der Waals surface area contributed by atoms with E-state index in [0.717, 1.165) is 16.7 Å². The number of hydrogen-bond donors (Lipinski definition) is 3. The van der Waals surface area contributed by atoms with Crippen molar-refractivity contribution < 1.29 is 27.9 Å². The summed E-state index contributed by atoms with van der Waals surface area (Å²) in [5.41, 5.74) is 2.69. The highest BCUT2D eigenvalue weighted by molar-refractivity contribution is 7.89. The SMILES string of the molecule is COC(=O)N[C@H](C(=O)NCC(C)CCC(CO)N(CCC(C)C)S(=O)(=O)c1ccc(C)cc1)C(c1ccccc1)c1ccccc1. The largest absolute Gasteiger partial charge is 0.453 e. The molecule has 10 heteroatoms. The number of nitrogens with one attached hydrogen (secondary N) is 2. The van der Waals surface area contributed by atoms with Crippen molar-refractivity contribution in [1.29, 1.82) is 0 Å². The number of alkyl carbamates (subject to hydrolysis) is 1. The van der Waals surface area contributed by atoms with Gasteiger partial charge in [-0.2, -0.15) is 4.31 Å². The summed E-state index contributed by atoms with van der Waals surface area (Å²) in [5, 5.41) is 16.1. The van der Waals surface area contributed by atoms with Crippen LogP contribution in [0.15, 0.2) is 89.8 Å². The van der Waals surface area contributed by atoms with Crippen LogP contribution in [-0.2, 0) is 19.6 Å². The summed E-state index contributed by atoms with van der Waals surface area (Å²) < 4.78 is 33.7. The lowest BCUT2D eigenvalue weighted by Crippen LogP contribution is -2.51. The number of aliphatic hydroxyl groups is 1. The summed E-state index contributed by atoms with van der Waals surface area (Å²) >= 11 is 0. The van der Waals surface area contributed by atoms with E-state index in [4.69, 9.17) is 4.74 Å². The Hall–Kier alpha value is -3.73. The lowest BCUT2D eigenvalue weighted by molar-refractivity contribution is -0.123. The molecule has 3 rings (SSSR count). The average molecular weight is 652 g/mol. The number of rotatable bonds is 17. The molecule has 250 valence electrons. The highest BCUT2D eigenvalue weighted by atomic mass is 32.2. The van der Waals surface area contributed by atoms with E-state index in [9.17, 15) is 23.1 Å². The highest BCUT2D eigenvalue weighted by Crippen LogP contribution is 2.29. The maximum Gasteiger partial charge on any atom is 0.407 e. The summed E-state index contributed by atoms with van der Waals surface area (Å²) in [6.45, 7) is 8.23. The van der Waals surface area contributed by atoms with Crippen LogP contribution in [0.25, 0.3) is 0 Å². The van der Waals surface area contributed by atoms with Gasteiger partial charge in [0.15, 0.2) is 0 Å². The lowest BCUT2D eigenvalue weighted by atomic mass is 9.84. The molecule has 9 nitrogen and oxygen atoms in total. The average Bonchev–Trinajstić information content (AvgIpc) is 3.05. The molecule has 0 saturated carbocycles. The van der Waals surface area contributed by atoms with Gasteiger partial charge in [0.25, 0.3) is 0 Å². The van der Waals surface area contributed by atoms with Crippen molar-refractivity contribution >= 4 is 22.0 Å².